The van der Waals surface area contributed by atoms with E-state index in [1.807, 2.05) is 13.0 Å². The molecule has 0 radical (unpaired) electrons. The molecule has 1 amide bonds. The lowest BCUT2D eigenvalue weighted by atomic mass is 10.00. The Hall–Kier alpha value is -1.93. The first-order chi connectivity index (χ1) is 11.5. The van der Waals surface area contributed by atoms with Gasteiger partial charge in [0.1, 0.15) is 11.4 Å². The predicted molar refractivity (Wildman–Crippen MR) is 89.5 cm³/mol. The Labute approximate surface area is 142 Å². The van der Waals surface area contributed by atoms with Crippen molar-refractivity contribution in [3.8, 4) is 6.07 Å². The molecule has 0 heterocycles. The van der Waals surface area contributed by atoms with Crippen LogP contribution < -0.4 is 5.32 Å². The van der Waals surface area contributed by atoms with E-state index in [1.165, 1.54) is 6.07 Å². The summed E-state index contributed by atoms with van der Waals surface area (Å²) in [5.41, 5.74) is -0.0823. The third-order valence-electron chi connectivity index (χ3n) is 5.24. The second-order valence-electron chi connectivity index (χ2n) is 7.05. The number of nitrogens with zero attached hydrogens (tertiary/aromatic N) is 2. The van der Waals surface area contributed by atoms with Crippen molar-refractivity contribution in [2.75, 3.05) is 6.54 Å². The number of amides is 1. The van der Waals surface area contributed by atoms with Crippen LogP contribution in [-0.2, 0) is 4.79 Å². The molecule has 4 nitrogen and oxygen atoms in total. The van der Waals surface area contributed by atoms with Crippen molar-refractivity contribution in [2.24, 2.45) is 0 Å². The number of nitrogens with one attached hydrogen (secondary N) is 1. The number of carbonyl (C=O) groups excluding carboxylic acids is 1. The standard InChI is InChI=1S/C19H24FN3O/c1-14(16-6-2-3-7-17(16)20)23(15-8-9-15)12-18(24)22-19(13-21)10-4-5-11-19/h2-3,6-7,14-15H,4-5,8-12H2,1H3,(H,22,24)/t14-/m1/s1. The number of nitriles is 1. The van der Waals surface area contributed by atoms with E-state index in [0.717, 1.165) is 38.5 Å². The van der Waals surface area contributed by atoms with E-state index in [1.54, 1.807) is 12.1 Å². The Morgan fingerprint density at radius 2 is 2.08 bits per heavy atom. The van der Waals surface area contributed by atoms with Gasteiger partial charge in [-0.3, -0.25) is 9.69 Å². The molecule has 5 heteroatoms. The number of hydrogen-bond donors (Lipinski definition) is 1. The van der Waals surface area contributed by atoms with Gasteiger partial charge in [-0.05, 0) is 51.5 Å². The van der Waals surface area contributed by atoms with Crippen molar-refractivity contribution in [1.82, 2.24) is 10.2 Å². The van der Waals surface area contributed by atoms with Crippen LogP contribution in [0.15, 0.2) is 24.3 Å². The van der Waals surface area contributed by atoms with Crippen molar-refractivity contribution in [1.29, 1.82) is 5.26 Å². The third-order valence-corrected chi connectivity index (χ3v) is 5.24. The zero-order valence-electron chi connectivity index (χ0n) is 14.1. The van der Waals surface area contributed by atoms with Gasteiger partial charge in [-0.25, -0.2) is 4.39 Å². The topological polar surface area (TPSA) is 56.1 Å². The molecule has 0 unspecified atom stereocenters. The molecular formula is C19H24FN3O. The van der Waals surface area contributed by atoms with Gasteiger partial charge in [0.2, 0.25) is 5.91 Å². The maximum absolute atomic E-state index is 14.1. The lowest BCUT2D eigenvalue weighted by Gasteiger charge is -2.31. The van der Waals surface area contributed by atoms with E-state index in [9.17, 15) is 14.4 Å². The van der Waals surface area contributed by atoms with E-state index < -0.39 is 5.54 Å². The van der Waals surface area contributed by atoms with Crippen molar-refractivity contribution >= 4 is 5.91 Å². The van der Waals surface area contributed by atoms with Crippen molar-refractivity contribution in [3.63, 3.8) is 0 Å². The van der Waals surface area contributed by atoms with Crippen LogP contribution in [0.4, 0.5) is 4.39 Å². The predicted octanol–water partition coefficient (Wildman–Crippen LogP) is 3.30. The Morgan fingerprint density at radius 1 is 1.42 bits per heavy atom. The highest BCUT2D eigenvalue weighted by molar-refractivity contribution is 5.79. The van der Waals surface area contributed by atoms with Crippen LogP contribution in [-0.4, -0.2) is 28.9 Å². The van der Waals surface area contributed by atoms with Gasteiger partial charge >= 0.3 is 0 Å². The molecule has 3 rings (SSSR count). The summed E-state index contributed by atoms with van der Waals surface area (Å²) in [5, 5.41) is 12.4. The fraction of sp³-hybridized carbons (Fsp3) is 0.579. The molecule has 0 aliphatic heterocycles. The van der Waals surface area contributed by atoms with Gasteiger partial charge < -0.3 is 5.32 Å². The first-order valence-corrected chi connectivity index (χ1v) is 8.77. The van der Waals surface area contributed by atoms with Crippen molar-refractivity contribution in [2.45, 2.75) is 63.1 Å². The molecule has 0 saturated heterocycles. The van der Waals surface area contributed by atoms with E-state index in [4.69, 9.17) is 0 Å². The molecule has 1 atom stereocenters. The van der Waals surface area contributed by atoms with Crippen LogP contribution in [0.25, 0.3) is 0 Å². The van der Waals surface area contributed by atoms with Gasteiger partial charge in [0.05, 0.1) is 12.6 Å². The minimum absolute atomic E-state index is 0.131. The summed E-state index contributed by atoms with van der Waals surface area (Å²) in [6.07, 6.45) is 5.48. The van der Waals surface area contributed by atoms with E-state index in [2.05, 4.69) is 16.3 Å². The number of rotatable bonds is 6. The SMILES string of the molecule is C[C@H](c1ccccc1F)N(CC(=O)NC1(C#N)CCCC1)C1CC1. The molecule has 2 saturated carbocycles. The summed E-state index contributed by atoms with van der Waals surface area (Å²) in [6, 6.07) is 9.19. The second kappa shape index (κ2) is 6.90. The van der Waals surface area contributed by atoms with Gasteiger partial charge in [0.25, 0.3) is 0 Å². The van der Waals surface area contributed by atoms with Gasteiger partial charge in [0.15, 0.2) is 0 Å². The van der Waals surface area contributed by atoms with Crippen LogP contribution >= 0.6 is 0 Å². The monoisotopic (exact) mass is 329 g/mol. The Balaban J connectivity index is 1.69. The summed E-state index contributed by atoms with van der Waals surface area (Å²) >= 11 is 0. The molecule has 2 fully saturated rings. The van der Waals surface area contributed by atoms with E-state index in [-0.39, 0.29) is 24.3 Å². The maximum atomic E-state index is 14.1. The average Bonchev–Trinajstić information content (AvgIpc) is 3.32. The first kappa shape index (κ1) is 16.9. The van der Waals surface area contributed by atoms with Crippen LogP contribution in [0.3, 0.4) is 0 Å². The summed E-state index contributed by atoms with van der Waals surface area (Å²) in [5.74, 6) is -0.367. The molecule has 0 bridgehead atoms. The summed E-state index contributed by atoms with van der Waals surface area (Å²) in [6.45, 7) is 2.16. The summed E-state index contributed by atoms with van der Waals surface area (Å²) < 4.78 is 14.1. The molecule has 2 aliphatic rings. The fourth-order valence-corrected chi connectivity index (χ4v) is 3.70. The molecule has 24 heavy (non-hydrogen) atoms. The number of carbonyl (C=O) groups is 1. The zero-order chi connectivity index (χ0) is 17.2. The third kappa shape index (κ3) is 3.59. The highest BCUT2D eigenvalue weighted by Crippen LogP contribution is 2.35. The van der Waals surface area contributed by atoms with Gasteiger partial charge in [-0.1, -0.05) is 18.2 Å². The molecule has 1 aromatic carbocycles. The first-order valence-electron chi connectivity index (χ1n) is 8.77. The molecule has 0 aromatic heterocycles. The highest BCUT2D eigenvalue weighted by atomic mass is 19.1. The molecule has 1 aromatic rings. The maximum Gasteiger partial charge on any atom is 0.235 e. The quantitative estimate of drug-likeness (QED) is 0.871. The Morgan fingerprint density at radius 3 is 2.67 bits per heavy atom. The van der Waals surface area contributed by atoms with Gasteiger partial charge in [-0.2, -0.15) is 5.26 Å². The normalized spacial score (nSPS) is 20.6. The van der Waals surface area contributed by atoms with Crippen LogP contribution in [0.1, 0.15) is 57.1 Å². The van der Waals surface area contributed by atoms with E-state index >= 15 is 0 Å². The molecule has 1 N–H and O–H groups in total. The van der Waals surface area contributed by atoms with Crippen molar-refractivity contribution in [3.05, 3.63) is 35.6 Å². The van der Waals surface area contributed by atoms with Crippen LogP contribution in [0, 0.1) is 17.1 Å². The van der Waals surface area contributed by atoms with E-state index in [0.29, 0.717) is 11.6 Å². The highest BCUT2D eigenvalue weighted by Gasteiger charge is 2.38. The second-order valence-corrected chi connectivity index (χ2v) is 7.05. The lowest BCUT2D eigenvalue weighted by molar-refractivity contribution is -0.124. The van der Waals surface area contributed by atoms with Crippen LogP contribution in [0.2, 0.25) is 0 Å². The zero-order valence-corrected chi connectivity index (χ0v) is 14.1. The Kier molecular flexibility index (Phi) is 4.86. The lowest BCUT2D eigenvalue weighted by Crippen LogP contribution is -2.49. The number of halogens is 1. The van der Waals surface area contributed by atoms with Gasteiger partial charge in [0, 0.05) is 17.6 Å². The minimum Gasteiger partial charge on any atom is -0.337 e. The largest absolute Gasteiger partial charge is 0.337 e. The van der Waals surface area contributed by atoms with Crippen molar-refractivity contribution < 1.29 is 9.18 Å². The smallest absolute Gasteiger partial charge is 0.235 e. The molecule has 2 aliphatic carbocycles. The van der Waals surface area contributed by atoms with Crippen LogP contribution in [0.5, 0.6) is 0 Å². The molecular weight excluding hydrogens is 305 g/mol. The fourth-order valence-electron chi connectivity index (χ4n) is 3.70. The summed E-state index contributed by atoms with van der Waals surface area (Å²) in [7, 11) is 0. The molecule has 128 valence electrons. The molecule has 0 spiro atoms. The number of hydrogen-bond acceptors (Lipinski definition) is 3. The van der Waals surface area contributed by atoms with Gasteiger partial charge in [-0.15, -0.1) is 0 Å². The average molecular weight is 329 g/mol. The summed E-state index contributed by atoms with van der Waals surface area (Å²) in [4.78, 5) is 14.6. The number of benzene rings is 1. The Bertz CT molecular complexity index is 644. The minimum atomic E-state index is -0.701.